The van der Waals surface area contributed by atoms with Crippen molar-refractivity contribution >= 4 is 18.5 Å². The van der Waals surface area contributed by atoms with Crippen LogP contribution in [0, 0.1) is 0 Å². The Morgan fingerprint density at radius 2 is 2.40 bits per heavy atom. The molecule has 1 rings (SSSR count). The van der Waals surface area contributed by atoms with Gasteiger partial charge in [-0.1, -0.05) is 0 Å². The Morgan fingerprint density at radius 3 is 2.90 bits per heavy atom. The van der Waals surface area contributed by atoms with E-state index in [0.717, 1.165) is 0 Å². The van der Waals surface area contributed by atoms with E-state index >= 15 is 0 Å². The normalized spacial score (nSPS) is 35.7. The van der Waals surface area contributed by atoms with E-state index in [1.807, 2.05) is 0 Å². The van der Waals surface area contributed by atoms with Crippen molar-refractivity contribution in [2.24, 2.45) is 0 Å². The van der Waals surface area contributed by atoms with Gasteiger partial charge in [-0.15, -0.1) is 12.6 Å². The molecule has 2 atom stereocenters. The van der Waals surface area contributed by atoms with Crippen LogP contribution in [0.25, 0.3) is 0 Å². The quantitative estimate of drug-likeness (QED) is 0.314. The van der Waals surface area contributed by atoms with Gasteiger partial charge in [-0.25, -0.2) is 10.4 Å². The van der Waals surface area contributed by atoms with Crippen LogP contribution in [-0.2, 0) is 4.79 Å². The van der Waals surface area contributed by atoms with Crippen LogP contribution in [-0.4, -0.2) is 34.8 Å². The highest BCUT2D eigenvalue weighted by Gasteiger charge is 2.26. The standard InChI is InChI=1S/C4H9N3O2S/c1-7-4(10)5-2(8)3(9)6-7/h3-4,6,9-10H,1H3,(H,5,8). The first-order valence-electron chi connectivity index (χ1n) is 2.77. The second-order valence-electron chi connectivity index (χ2n) is 2.02. The highest BCUT2D eigenvalue weighted by molar-refractivity contribution is 7.80. The second-order valence-corrected chi connectivity index (χ2v) is 2.51. The first-order chi connectivity index (χ1) is 4.61. The molecule has 1 aliphatic heterocycles. The summed E-state index contributed by atoms with van der Waals surface area (Å²) in [5.41, 5.74) is 2.10. The maximum absolute atomic E-state index is 10.7. The zero-order valence-corrected chi connectivity index (χ0v) is 6.30. The minimum Gasteiger partial charge on any atom is -0.369 e. The largest absolute Gasteiger partial charge is 0.369 e. The number of nitrogens with one attached hydrogen (secondary N) is 2. The van der Waals surface area contributed by atoms with E-state index in [-0.39, 0.29) is 5.50 Å². The molecule has 0 radical (unpaired) electrons. The molecule has 0 aromatic rings. The van der Waals surface area contributed by atoms with Crippen LogP contribution >= 0.6 is 12.6 Å². The smallest absolute Gasteiger partial charge is 0.267 e. The van der Waals surface area contributed by atoms with E-state index in [2.05, 4.69) is 23.4 Å². The number of hydrazine groups is 1. The summed E-state index contributed by atoms with van der Waals surface area (Å²) in [7, 11) is 1.67. The molecule has 1 amide bonds. The Balaban J connectivity index is 2.54. The minimum absolute atomic E-state index is 0.379. The van der Waals surface area contributed by atoms with Crippen molar-refractivity contribution in [2.45, 2.75) is 11.7 Å². The summed E-state index contributed by atoms with van der Waals surface area (Å²) >= 11 is 3.98. The number of rotatable bonds is 0. The zero-order valence-electron chi connectivity index (χ0n) is 5.40. The molecule has 1 heterocycles. The molecular formula is C4H9N3O2S. The summed E-state index contributed by atoms with van der Waals surface area (Å²) in [5.74, 6) is -0.460. The summed E-state index contributed by atoms with van der Waals surface area (Å²) < 4.78 is 0. The topological polar surface area (TPSA) is 64.6 Å². The number of hydrogen-bond donors (Lipinski definition) is 4. The van der Waals surface area contributed by atoms with Gasteiger partial charge in [0.1, 0.15) is 5.50 Å². The van der Waals surface area contributed by atoms with E-state index in [1.165, 1.54) is 5.01 Å². The van der Waals surface area contributed by atoms with Crippen LogP contribution in [0.3, 0.4) is 0 Å². The van der Waals surface area contributed by atoms with Crippen LogP contribution in [0.15, 0.2) is 0 Å². The van der Waals surface area contributed by atoms with E-state index < -0.39 is 12.1 Å². The second kappa shape index (κ2) is 2.75. The SMILES string of the molecule is CN1NC(O)C(=O)NC1S. The van der Waals surface area contributed by atoms with E-state index in [0.29, 0.717) is 0 Å². The van der Waals surface area contributed by atoms with Crippen LogP contribution < -0.4 is 10.7 Å². The van der Waals surface area contributed by atoms with Gasteiger partial charge in [0.2, 0.25) is 0 Å². The lowest BCUT2D eigenvalue weighted by Crippen LogP contribution is -2.63. The van der Waals surface area contributed by atoms with Crippen LogP contribution in [0.1, 0.15) is 0 Å². The highest BCUT2D eigenvalue weighted by atomic mass is 32.1. The van der Waals surface area contributed by atoms with Gasteiger partial charge in [0.05, 0.1) is 0 Å². The molecule has 0 bridgehead atoms. The molecule has 0 spiro atoms. The Hall–Kier alpha value is -0.300. The van der Waals surface area contributed by atoms with Crippen molar-refractivity contribution in [3.8, 4) is 0 Å². The van der Waals surface area contributed by atoms with Crippen molar-refractivity contribution in [2.75, 3.05) is 7.05 Å². The fourth-order valence-corrected chi connectivity index (χ4v) is 0.819. The number of nitrogens with zero attached hydrogens (tertiary/aromatic N) is 1. The van der Waals surface area contributed by atoms with Crippen molar-refractivity contribution in [3.63, 3.8) is 0 Å². The van der Waals surface area contributed by atoms with Gasteiger partial charge in [-0.3, -0.25) is 4.79 Å². The van der Waals surface area contributed by atoms with Gasteiger partial charge in [0.15, 0.2) is 6.23 Å². The molecule has 0 aromatic heterocycles. The van der Waals surface area contributed by atoms with Crippen molar-refractivity contribution in [3.05, 3.63) is 0 Å². The number of amides is 1. The summed E-state index contributed by atoms with van der Waals surface area (Å²) in [4.78, 5) is 10.7. The van der Waals surface area contributed by atoms with Crippen LogP contribution in [0.2, 0.25) is 0 Å². The molecule has 6 heteroatoms. The molecule has 2 unspecified atom stereocenters. The molecule has 1 fully saturated rings. The predicted octanol–water partition coefficient (Wildman–Crippen LogP) is -1.92. The van der Waals surface area contributed by atoms with Crippen LogP contribution in [0.4, 0.5) is 0 Å². The Morgan fingerprint density at radius 1 is 1.80 bits per heavy atom. The van der Waals surface area contributed by atoms with E-state index in [9.17, 15) is 4.79 Å². The number of aliphatic hydroxyl groups excluding tert-OH is 1. The van der Waals surface area contributed by atoms with Gasteiger partial charge in [0, 0.05) is 7.05 Å². The maximum Gasteiger partial charge on any atom is 0.267 e. The van der Waals surface area contributed by atoms with Crippen molar-refractivity contribution in [1.82, 2.24) is 15.8 Å². The Bertz CT molecular complexity index is 153. The van der Waals surface area contributed by atoms with Crippen LogP contribution in [0.5, 0.6) is 0 Å². The lowest BCUT2D eigenvalue weighted by atomic mass is 10.5. The third kappa shape index (κ3) is 1.40. The highest BCUT2D eigenvalue weighted by Crippen LogP contribution is 2.00. The fourth-order valence-electron chi connectivity index (χ4n) is 0.625. The monoisotopic (exact) mass is 163 g/mol. The fraction of sp³-hybridized carbons (Fsp3) is 0.750. The summed E-state index contributed by atoms with van der Waals surface area (Å²) in [6.45, 7) is 0. The molecule has 0 aliphatic carbocycles. The third-order valence-electron chi connectivity index (χ3n) is 1.21. The average molecular weight is 163 g/mol. The van der Waals surface area contributed by atoms with Gasteiger partial charge in [-0.05, 0) is 0 Å². The molecule has 0 saturated carbocycles. The van der Waals surface area contributed by atoms with Gasteiger partial charge in [-0.2, -0.15) is 0 Å². The lowest BCUT2D eigenvalue weighted by Gasteiger charge is -2.32. The minimum atomic E-state index is -1.16. The molecule has 5 nitrogen and oxygen atoms in total. The molecule has 3 N–H and O–H groups in total. The zero-order chi connectivity index (χ0) is 7.72. The van der Waals surface area contributed by atoms with Gasteiger partial charge in [0.25, 0.3) is 5.91 Å². The first kappa shape index (κ1) is 7.80. The van der Waals surface area contributed by atoms with Crippen molar-refractivity contribution in [1.29, 1.82) is 0 Å². The molecule has 0 aromatic carbocycles. The van der Waals surface area contributed by atoms with Crippen molar-refractivity contribution < 1.29 is 9.90 Å². The third-order valence-corrected chi connectivity index (χ3v) is 1.69. The summed E-state index contributed by atoms with van der Waals surface area (Å²) in [6, 6.07) is 0. The Kier molecular flexibility index (Phi) is 2.14. The van der Waals surface area contributed by atoms with Gasteiger partial charge < -0.3 is 10.4 Å². The van der Waals surface area contributed by atoms with E-state index in [4.69, 9.17) is 5.11 Å². The lowest BCUT2D eigenvalue weighted by molar-refractivity contribution is -0.141. The molecule has 1 saturated heterocycles. The average Bonchev–Trinajstić information content (AvgIpc) is 1.84. The number of thiol groups is 1. The molecule has 10 heavy (non-hydrogen) atoms. The first-order valence-corrected chi connectivity index (χ1v) is 3.28. The summed E-state index contributed by atoms with van der Waals surface area (Å²) in [6.07, 6.45) is -1.16. The number of aliphatic hydroxyl groups is 1. The Labute approximate surface area is 63.8 Å². The molecule has 1 aliphatic rings. The van der Waals surface area contributed by atoms with E-state index in [1.54, 1.807) is 7.05 Å². The number of hydrogen-bond acceptors (Lipinski definition) is 5. The number of carbonyl (C=O) groups is 1. The predicted molar refractivity (Wildman–Crippen MR) is 37.8 cm³/mol. The number of carbonyl (C=O) groups excluding carboxylic acids is 1. The summed E-state index contributed by atoms with van der Waals surface area (Å²) in [5, 5.41) is 12.8. The maximum atomic E-state index is 10.7. The molecule has 58 valence electrons. The van der Waals surface area contributed by atoms with Gasteiger partial charge >= 0.3 is 0 Å². The molecular weight excluding hydrogens is 154 g/mol.